The molecule has 1 aliphatic rings. The van der Waals surface area contributed by atoms with Gasteiger partial charge in [-0.05, 0) is 32.8 Å². The van der Waals surface area contributed by atoms with Gasteiger partial charge < -0.3 is 9.64 Å². The van der Waals surface area contributed by atoms with Gasteiger partial charge in [-0.2, -0.15) is 0 Å². The monoisotopic (exact) mass is 355 g/mol. The molecule has 0 saturated carbocycles. The molecule has 6 nitrogen and oxygen atoms in total. The van der Waals surface area contributed by atoms with Crippen molar-refractivity contribution in [3.63, 3.8) is 0 Å². The van der Waals surface area contributed by atoms with E-state index in [4.69, 9.17) is 9.57 Å². The highest BCUT2D eigenvalue weighted by molar-refractivity contribution is 7.29. The predicted molar refractivity (Wildman–Crippen MR) is 93.2 cm³/mol. The van der Waals surface area contributed by atoms with Crippen LogP contribution in [0.2, 0.25) is 0 Å². The van der Waals surface area contributed by atoms with Crippen molar-refractivity contribution in [2.24, 2.45) is 0 Å². The first kappa shape index (κ1) is 16.6. The zero-order chi connectivity index (χ0) is 16.2. The van der Waals surface area contributed by atoms with Crippen LogP contribution in [0.4, 0.5) is 5.13 Å². The average molecular weight is 355 g/mol. The summed E-state index contributed by atoms with van der Waals surface area (Å²) in [7, 11) is 0. The Morgan fingerprint density at radius 1 is 1.43 bits per heavy atom. The lowest BCUT2D eigenvalue weighted by Gasteiger charge is -2.21. The molecule has 0 spiro atoms. The number of rotatable bonds is 6. The first-order valence-corrected chi connectivity index (χ1v) is 9.57. The maximum Gasteiger partial charge on any atom is 0.285 e. The van der Waals surface area contributed by atoms with Gasteiger partial charge in [0.25, 0.3) is 5.91 Å². The number of hydrogen-bond acceptors (Lipinski definition) is 7. The molecule has 1 N–H and O–H groups in total. The van der Waals surface area contributed by atoms with Crippen LogP contribution < -0.4 is 10.4 Å². The van der Waals surface area contributed by atoms with Crippen molar-refractivity contribution in [1.29, 1.82) is 0 Å². The Morgan fingerprint density at radius 3 is 2.91 bits per heavy atom. The lowest BCUT2D eigenvalue weighted by Crippen LogP contribution is -2.32. The first-order valence-electron chi connectivity index (χ1n) is 7.94. The fourth-order valence-corrected chi connectivity index (χ4v) is 4.66. The Morgan fingerprint density at radius 2 is 2.26 bits per heavy atom. The van der Waals surface area contributed by atoms with Gasteiger partial charge in [-0.25, -0.2) is 15.3 Å². The van der Waals surface area contributed by atoms with Crippen LogP contribution in [0, 0.1) is 0 Å². The van der Waals surface area contributed by atoms with Crippen molar-refractivity contribution in [1.82, 2.24) is 10.5 Å². The van der Waals surface area contributed by atoms with E-state index in [2.05, 4.69) is 29.2 Å². The summed E-state index contributed by atoms with van der Waals surface area (Å²) in [4.78, 5) is 25.8. The Balaban J connectivity index is 1.63. The van der Waals surface area contributed by atoms with Crippen LogP contribution in [-0.2, 0) is 9.57 Å². The number of nitrogens with one attached hydrogen (secondary N) is 1. The van der Waals surface area contributed by atoms with E-state index in [1.165, 1.54) is 11.3 Å². The molecule has 0 aromatic carbocycles. The van der Waals surface area contributed by atoms with Crippen LogP contribution in [0.3, 0.4) is 0 Å². The molecule has 23 heavy (non-hydrogen) atoms. The van der Waals surface area contributed by atoms with E-state index >= 15 is 0 Å². The Bertz CT molecular complexity index is 629. The highest BCUT2D eigenvalue weighted by atomic mass is 32.1. The van der Waals surface area contributed by atoms with Gasteiger partial charge in [0.1, 0.15) is 4.83 Å². The lowest BCUT2D eigenvalue weighted by molar-refractivity contribution is -0.186. The van der Waals surface area contributed by atoms with Crippen molar-refractivity contribution in [2.45, 2.75) is 39.4 Å². The van der Waals surface area contributed by atoms with E-state index in [0.717, 1.165) is 47.0 Å². The van der Waals surface area contributed by atoms with Crippen molar-refractivity contribution >= 4 is 43.2 Å². The van der Waals surface area contributed by atoms with Gasteiger partial charge in [0.2, 0.25) is 0 Å². The second-order valence-corrected chi connectivity index (χ2v) is 7.33. The fourth-order valence-electron chi connectivity index (χ4n) is 2.44. The second-order valence-electron chi connectivity index (χ2n) is 5.29. The maximum atomic E-state index is 12.2. The molecular formula is C15H21N3O3S2. The van der Waals surface area contributed by atoms with Crippen molar-refractivity contribution in [3.8, 4) is 0 Å². The minimum absolute atomic E-state index is 0.237. The normalized spacial score (nSPS) is 18.3. The standard InChI is InChI=1S/C15H21N3O3S2/c1-3-18(4-2)15-16-14-11(23-15)9-10(22-14)13(19)17-21-12-7-5-6-8-20-12/h9,12H,3-8H2,1-2H3,(H,17,19)/t12-/m0/s1. The van der Waals surface area contributed by atoms with E-state index in [-0.39, 0.29) is 12.2 Å². The number of ether oxygens (including phenoxy) is 1. The number of anilines is 1. The molecule has 0 aliphatic carbocycles. The average Bonchev–Trinajstić information content (AvgIpc) is 3.14. The van der Waals surface area contributed by atoms with E-state index in [9.17, 15) is 4.79 Å². The van der Waals surface area contributed by atoms with Crippen LogP contribution in [0.15, 0.2) is 6.07 Å². The molecule has 1 atom stereocenters. The van der Waals surface area contributed by atoms with Crippen LogP contribution in [0.5, 0.6) is 0 Å². The summed E-state index contributed by atoms with van der Waals surface area (Å²) in [5.74, 6) is -0.237. The minimum Gasteiger partial charge on any atom is -0.350 e. The summed E-state index contributed by atoms with van der Waals surface area (Å²) in [5.41, 5.74) is 2.49. The van der Waals surface area contributed by atoms with Gasteiger partial charge in [-0.15, -0.1) is 11.3 Å². The summed E-state index contributed by atoms with van der Waals surface area (Å²) in [6.07, 6.45) is 2.60. The molecule has 3 heterocycles. The van der Waals surface area contributed by atoms with Gasteiger partial charge >= 0.3 is 0 Å². The number of carbonyl (C=O) groups is 1. The van der Waals surface area contributed by atoms with Crippen LogP contribution in [0.1, 0.15) is 42.8 Å². The number of amides is 1. The van der Waals surface area contributed by atoms with E-state index < -0.39 is 0 Å². The molecule has 8 heteroatoms. The lowest BCUT2D eigenvalue weighted by atomic mass is 10.2. The first-order chi connectivity index (χ1) is 11.2. The number of thiazole rings is 1. The third-order valence-corrected chi connectivity index (χ3v) is 5.98. The quantitative estimate of drug-likeness (QED) is 0.805. The largest absolute Gasteiger partial charge is 0.350 e. The molecular weight excluding hydrogens is 334 g/mol. The number of hydrogen-bond donors (Lipinski definition) is 1. The van der Waals surface area contributed by atoms with Gasteiger partial charge in [0.15, 0.2) is 11.4 Å². The summed E-state index contributed by atoms with van der Waals surface area (Å²) >= 11 is 3.01. The molecule has 1 amide bonds. The molecule has 2 aromatic rings. The van der Waals surface area contributed by atoms with E-state index in [1.54, 1.807) is 11.3 Å². The zero-order valence-electron chi connectivity index (χ0n) is 13.3. The number of carbonyl (C=O) groups excluding carboxylic acids is 1. The fraction of sp³-hybridized carbons (Fsp3) is 0.600. The Hall–Kier alpha value is -1.22. The highest BCUT2D eigenvalue weighted by Crippen LogP contribution is 2.34. The van der Waals surface area contributed by atoms with Crippen LogP contribution in [-0.4, -0.2) is 36.9 Å². The Kier molecular flexibility index (Phi) is 5.47. The molecule has 126 valence electrons. The molecule has 1 aliphatic heterocycles. The predicted octanol–water partition coefficient (Wildman–Crippen LogP) is 3.39. The van der Waals surface area contributed by atoms with Crippen molar-refractivity contribution in [3.05, 3.63) is 10.9 Å². The minimum atomic E-state index is -0.332. The third kappa shape index (κ3) is 3.82. The number of nitrogens with zero attached hydrogens (tertiary/aromatic N) is 2. The summed E-state index contributed by atoms with van der Waals surface area (Å²) in [6.45, 7) is 6.78. The van der Waals surface area contributed by atoms with Gasteiger partial charge in [0.05, 0.1) is 9.58 Å². The zero-order valence-corrected chi connectivity index (χ0v) is 15.0. The van der Waals surface area contributed by atoms with Crippen LogP contribution in [0.25, 0.3) is 9.53 Å². The van der Waals surface area contributed by atoms with Crippen molar-refractivity contribution in [2.75, 3.05) is 24.6 Å². The number of thiophene rings is 1. The summed E-state index contributed by atoms with van der Waals surface area (Å²) in [6, 6.07) is 1.88. The molecule has 0 bridgehead atoms. The highest BCUT2D eigenvalue weighted by Gasteiger charge is 2.19. The number of fused-ring (bicyclic) bond motifs is 1. The topological polar surface area (TPSA) is 63.7 Å². The SMILES string of the molecule is CCN(CC)c1nc2sc(C(=O)NO[C@H]3CCCCO3)cc2s1. The molecule has 1 saturated heterocycles. The molecule has 2 aromatic heterocycles. The molecule has 0 unspecified atom stereocenters. The van der Waals surface area contributed by atoms with Crippen molar-refractivity contribution < 1.29 is 14.4 Å². The van der Waals surface area contributed by atoms with Gasteiger partial charge in [-0.3, -0.25) is 4.79 Å². The van der Waals surface area contributed by atoms with Crippen LogP contribution >= 0.6 is 22.7 Å². The maximum absolute atomic E-state index is 12.2. The summed E-state index contributed by atoms with van der Waals surface area (Å²) in [5, 5.41) is 1.01. The number of aromatic nitrogens is 1. The summed E-state index contributed by atoms with van der Waals surface area (Å²) < 4.78 is 6.46. The molecule has 3 rings (SSSR count). The Labute approximate surface area is 143 Å². The second kappa shape index (κ2) is 7.57. The third-order valence-electron chi connectivity index (χ3n) is 3.76. The van der Waals surface area contributed by atoms with Gasteiger partial charge in [-0.1, -0.05) is 11.3 Å². The number of hydroxylamine groups is 1. The van der Waals surface area contributed by atoms with Gasteiger partial charge in [0, 0.05) is 26.1 Å². The molecule has 1 fully saturated rings. The van der Waals surface area contributed by atoms with E-state index in [1.807, 2.05) is 6.07 Å². The smallest absolute Gasteiger partial charge is 0.285 e. The molecule has 0 radical (unpaired) electrons. The van der Waals surface area contributed by atoms with E-state index in [0.29, 0.717) is 11.5 Å².